The molecular formula is C16H14O4. The van der Waals surface area contributed by atoms with E-state index in [-0.39, 0.29) is 11.5 Å². The summed E-state index contributed by atoms with van der Waals surface area (Å²) in [4.78, 5) is 22.3. The summed E-state index contributed by atoms with van der Waals surface area (Å²) in [6.07, 6.45) is 0. The average Bonchev–Trinajstić information content (AvgIpc) is 2.46. The molecule has 0 aromatic heterocycles. The smallest absolute Gasteiger partial charge is 0.337 e. The predicted molar refractivity (Wildman–Crippen MR) is 74.9 cm³/mol. The second-order valence-corrected chi connectivity index (χ2v) is 4.40. The van der Waals surface area contributed by atoms with E-state index in [2.05, 4.69) is 4.74 Å². The lowest BCUT2D eigenvalue weighted by Gasteiger charge is -2.08. The van der Waals surface area contributed by atoms with Crippen LogP contribution in [0.25, 0.3) is 11.1 Å². The maximum atomic E-state index is 11.4. The number of ether oxygens (including phenoxy) is 1. The van der Waals surface area contributed by atoms with Crippen LogP contribution in [0.3, 0.4) is 0 Å². The van der Waals surface area contributed by atoms with Crippen LogP contribution in [-0.2, 0) is 4.74 Å². The van der Waals surface area contributed by atoms with Gasteiger partial charge in [-0.2, -0.15) is 0 Å². The molecule has 4 nitrogen and oxygen atoms in total. The summed E-state index contributed by atoms with van der Waals surface area (Å²) >= 11 is 0. The van der Waals surface area contributed by atoms with Gasteiger partial charge in [0, 0.05) is 0 Å². The first-order valence-electron chi connectivity index (χ1n) is 6.05. The number of carboxylic acids is 1. The van der Waals surface area contributed by atoms with Crippen LogP contribution in [-0.4, -0.2) is 24.2 Å². The Kier molecular flexibility index (Phi) is 3.84. The van der Waals surface area contributed by atoms with Gasteiger partial charge >= 0.3 is 11.9 Å². The standard InChI is InChI=1S/C16H14O4/c1-10-9-13(15(17)18)7-8-14(10)11-3-5-12(6-4-11)16(19)20-2/h3-9H,1-2H3,(H,17,18). The van der Waals surface area contributed by atoms with Crippen molar-refractivity contribution < 1.29 is 19.4 Å². The fourth-order valence-corrected chi connectivity index (χ4v) is 2.02. The number of hydrogen-bond donors (Lipinski definition) is 1. The highest BCUT2D eigenvalue weighted by atomic mass is 16.5. The second kappa shape index (κ2) is 5.57. The van der Waals surface area contributed by atoms with Gasteiger partial charge in [-0.25, -0.2) is 9.59 Å². The quantitative estimate of drug-likeness (QED) is 0.870. The molecule has 2 rings (SSSR count). The van der Waals surface area contributed by atoms with Gasteiger partial charge in [-0.3, -0.25) is 0 Å². The Bertz CT molecular complexity index is 657. The zero-order chi connectivity index (χ0) is 14.7. The van der Waals surface area contributed by atoms with Crippen LogP contribution in [0.2, 0.25) is 0 Å². The van der Waals surface area contributed by atoms with Gasteiger partial charge in [-0.05, 0) is 47.9 Å². The van der Waals surface area contributed by atoms with Crippen molar-refractivity contribution >= 4 is 11.9 Å². The van der Waals surface area contributed by atoms with Crippen molar-refractivity contribution in [2.45, 2.75) is 6.92 Å². The molecule has 0 amide bonds. The van der Waals surface area contributed by atoms with E-state index in [0.29, 0.717) is 5.56 Å². The number of esters is 1. The summed E-state index contributed by atoms with van der Waals surface area (Å²) < 4.78 is 4.64. The Labute approximate surface area is 116 Å². The number of carbonyl (C=O) groups excluding carboxylic acids is 1. The molecule has 0 saturated carbocycles. The Morgan fingerprint density at radius 1 is 1.00 bits per heavy atom. The highest BCUT2D eigenvalue weighted by Crippen LogP contribution is 2.24. The van der Waals surface area contributed by atoms with E-state index in [0.717, 1.165) is 16.7 Å². The van der Waals surface area contributed by atoms with Crippen molar-refractivity contribution in [1.29, 1.82) is 0 Å². The van der Waals surface area contributed by atoms with Gasteiger partial charge in [0.15, 0.2) is 0 Å². The van der Waals surface area contributed by atoms with Gasteiger partial charge < -0.3 is 9.84 Å². The topological polar surface area (TPSA) is 63.6 Å². The minimum atomic E-state index is -0.944. The number of hydrogen-bond acceptors (Lipinski definition) is 3. The Morgan fingerprint density at radius 2 is 1.60 bits per heavy atom. The average molecular weight is 270 g/mol. The monoisotopic (exact) mass is 270 g/mol. The van der Waals surface area contributed by atoms with E-state index in [4.69, 9.17) is 5.11 Å². The third kappa shape index (κ3) is 2.69. The molecule has 20 heavy (non-hydrogen) atoms. The van der Waals surface area contributed by atoms with E-state index in [9.17, 15) is 9.59 Å². The number of carboxylic acid groups (broad SMARTS) is 1. The van der Waals surface area contributed by atoms with E-state index >= 15 is 0 Å². The van der Waals surface area contributed by atoms with Crippen molar-refractivity contribution in [3.8, 4) is 11.1 Å². The van der Waals surface area contributed by atoms with Gasteiger partial charge in [-0.15, -0.1) is 0 Å². The Morgan fingerprint density at radius 3 is 2.10 bits per heavy atom. The van der Waals surface area contributed by atoms with E-state index < -0.39 is 5.97 Å². The van der Waals surface area contributed by atoms with Crippen LogP contribution in [0.5, 0.6) is 0 Å². The van der Waals surface area contributed by atoms with Crippen LogP contribution in [0.4, 0.5) is 0 Å². The summed E-state index contributed by atoms with van der Waals surface area (Å²) in [7, 11) is 1.34. The fourth-order valence-electron chi connectivity index (χ4n) is 2.02. The van der Waals surface area contributed by atoms with Crippen LogP contribution in [0, 0.1) is 6.92 Å². The molecule has 0 fully saturated rings. The summed E-state index contributed by atoms with van der Waals surface area (Å²) in [6.45, 7) is 1.86. The van der Waals surface area contributed by atoms with Gasteiger partial charge in [0.25, 0.3) is 0 Å². The molecular weight excluding hydrogens is 256 g/mol. The van der Waals surface area contributed by atoms with Gasteiger partial charge in [0.1, 0.15) is 0 Å². The minimum Gasteiger partial charge on any atom is -0.478 e. The van der Waals surface area contributed by atoms with E-state index in [1.807, 2.05) is 19.1 Å². The predicted octanol–water partition coefficient (Wildman–Crippen LogP) is 3.15. The van der Waals surface area contributed by atoms with Crippen molar-refractivity contribution in [3.63, 3.8) is 0 Å². The highest BCUT2D eigenvalue weighted by Gasteiger charge is 2.09. The van der Waals surface area contributed by atoms with Crippen molar-refractivity contribution in [2.75, 3.05) is 7.11 Å². The Hall–Kier alpha value is -2.62. The van der Waals surface area contributed by atoms with Crippen molar-refractivity contribution in [3.05, 3.63) is 59.2 Å². The molecule has 2 aromatic carbocycles. The van der Waals surface area contributed by atoms with Crippen LogP contribution >= 0.6 is 0 Å². The molecule has 0 aliphatic rings. The zero-order valence-corrected chi connectivity index (χ0v) is 11.2. The highest BCUT2D eigenvalue weighted by molar-refractivity contribution is 5.91. The third-order valence-corrected chi connectivity index (χ3v) is 3.09. The lowest BCUT2D eigenvalue weighted by molar-refractivity contribution is 0.0600. The molecule has 0 bridgehead atoms. The first-order chi connectivity index (χ1) is 9.52. The third-order valence-electron chi connectivity index (χ3n) is 3.09. The number of benzene rings is 2. The largest absolute Gasteiger partial charge is 0.478 e. The number of aryl methyl sites for hydroxylation is 1. The lowest BCUT2D eigenvalue weighted by atomic mass is 9.97. The van der Waals surface area contributed by atoms with E-state index in [1.165, 1.54) is 7.11 Å². The van der Waals surface area contributed by atoms with Gasteiger partial charge in [-0.1, -0.05) is 18.2 Å². The maximum absolute atomic E-state index is 11.4. The summed E-state index contributed by atoms with van der Waals surface area (Å²) in [5, 5.41) is 8.94. The molecule has 0 radical (unpaired) electrons. The lowest BCUT2D eigenvalue weighted by Crippen LogP contribution is -2.00. The first-order valence-corrected chi connectivity index (χ1v) is 6.05. The number of rotatable bonds is 3. The first kappa shape index (κ1) is 13.8. The maximum Gasteiger partial charge on any atom is 0.337 e. The molecule has 4 heteroatoms. The fraction of sp³-hybridized carbons (Fsp3) is 0.125. The van der Waals surface area contributed by atoms with Gasteiger partial charge in [0.2, 0.25) is 0 Å². The molecule has 0 atom stereocenters. The molecule has 0 saturated heterocycles. The van der Waals surface area contributed by atoms with Crippen molar-refractivity contribution in [1.82, 2.24) is 0 Å². The summed E-state index contributed by atoms with van der Waals surface area (Å²) in [6, 6.07) is 12.0. The van der Waals surface area contributed by atoms with Crippen LogP contribution in [0.1, 0.15) is 26.3 Å². The van der Waals surface area contributed by atoms with Gasteiger partial charge in [0.05, 0.1) is 18.2 Å². The molecule has 2 aromatic rings. The Balaban J connectivity index is 2.37. The summed E-state index contributed by atoms with van der Waals surface area (Å²) in [5.41, 5.74) is 3.47. The SMILES string of the molecule is COC(=O)c1ccc(-c2ccc(C(=O)O)cc2C)cc1. The molecule has 0 aliphatic heterocycles. The second-order valence-electron chi connectivity index (χ2n) is 4.40. The number of carbonyl (C=O) groups is 2. The van der Waals surface area contributed by atoms with E-state index in [1.54, 1.807) is 30.3 Å². The molecule has 0 unspecified atom stereocenters. The normalized spacial score (nSPS) is 10.1. The molecule has 102 valence electrons. The zero-order valence-electron chi connectivity index (χ0n) is 11.2. The molecule has 0 spiro atoms. The molecule has 0 heterocycles. The molecule has 1 N–H and O–H groups in total. The number of methoxy groups -OCH3 is 1. The van der Waals surface area contributed by atoms with Crippen LogP contribution in [0.15, 0.2) is 42.5 Å². The van der Waals surface area contributed by atoms with Crippen molar-refractivity contribution in [2.24, 2.45) is 0 Å². The minimum absolute atomic E-state index is 0.262. The molecule has 0 aliphatic carbocycles. The van der Waals surface area contributed by atoms with Crippen LogP contribution < -0.4 is 0 Å². The number of aromatic carboxylic acids is 1. The summed E-state index contributed by atoms with van der Waals surface area (Å²) in [5.74, 6) is -1.32.